The second-order valence-corrected chi connectivity index (χ2v) is 3.46. The number of hydrogen-bond acceptors (Lipinski definition) is 5. The van der Waals surface area contributed by atoms with Crippen molar-refractivity contribution in [1.29, 1.82) is 0 Å². The summed E-state index contributed by atoms with van der Waals surface area (Å²) in [6, 6.07) is 7.95. The van der Waals surface area contributed by atoms with E-state index in [0.29, 0.717) is 0 Å². The lowest BCUT2D eigenvalue weighted by Crippen LogP contribution is -2.20. The molecule has 0 saturated heterocycles. The minimum absolute atomic E-state index is 0.181. The van der Waals surface area contributed by atoms with Crippen molar-refractivity contribution in [3.8, 4) is 0 Å². The molecular weight excluding hydrogens is 236 g/mol. The summed E-state index contributed by atoms with van der Waals surface area (Å²) in [6.07, 6.45) is 0. The van der Waals surface area contributed by atoms with Gasteiger partial charge in [0.15, 0.2) is 0 Å². The van der Waals surface area contributed by atoms with Crippen molar-refractivity contribution < 1.29 is 23.9 Å². The standard InChI is InChI=1S/C13H12O5/c1-9(2)12(15)17-8-18-13(16)11(14)10-6-4-3-5-7-10/h3-7H,1,8H2,2H3. The van der Waals surface area contributed by atoms with Crippen molar-refractivity contribution in [3.63, 3.8) is 0 Å². The van der Waals surface area contributed by atoms with Gasteiger partial charge in [0, 0.05) is 11.1 Å². The lowest BCUT2D eigenvalue weighted by molar-refractivity contribution is -0.161. The molecule has 0 N–H and O–H groups in total. The summed E-state index contributed by atoms with van der Waals surface area (Å²) < 4.78 is 9.03. The molecule has 0 atom stereocenters. The lowest BCUT2D eigenvalue weighted by atomic mass is 10.1. The minimum Gasteiger partial charge on any atom is -0.425 e. The minimum atomic E-state index is -1.07. The molecule has 1 rings (SSSR count). The predicted molar refractivity (Wildman–Crippen MR) is 62.6 cm³/mol. The maximum absolute atomic E-state index is 11.5. The van der Waals surface area contributed by atoms with E-state index in [2.05, 4.69) is 16.1 Å². The molecule has 5 heteroatoms. The third-order valence-corrected chi connectivity index (χ3v) is 1.95. The highest BCUT2D eigenvalue weighted by Gasteiger charge is 2.17. The molecule has 5 nitrogen and oxygen atoms in total. The number of Topliss-reactive ketones (excluding diaryl/α,β-unsaturated/α-hetero) is 1. The van der Waals surface area contributed by atoms with Crippen LogP contribution in [0.3, 0.4) is 0 Å². The van der Waals surface area contributed by atoms with Gasteiger partial charge in [-0.15, -0.1) is 0 Å². The van der Waals surface area contributed by atoms with E-state index in [-0.39, 0.29) is 11.1 Å². The smallest absolute Gasteiger partial charge is 0.382 e. The van der Waals surface area contributed by atoms with Gasteiger partial charge < -0.3 is 9.47 Å². The Morgan fingerprint density at radius 2 is 1.61 bits per heavy atom. The molecule has 0 heterocycles. The number of rotatable bonds is 5. The second kappa shape index (κ2) is 6.34. The van der Waals surface area contributed by atoms with Crippen LogP contribution in [0.2, 0.25) is 0 Å². The average Bonchev–Trinajstić information content (AvgIpc) is 2.38. The first-order chi connectivity index (χ1) is 8.52. The Morgan fingerprint density at radius 1 is 1.06 bits per heavy atom. The van der Waals surface area contributed by atoms with Crippen LogP contribution < -0.4 is 0 Å². The van der Waals surface area contributed by atoms with Crippen LogP contribution >= 0.6 is 0 Å². The Bertz CT molecular complexity index is 475. The van der Waals surface area contributed by atoms with E-state index in [1.807, 2.05) is 0 Å². The third kappa shape index (κ3) is 3.86. The summed E-state index contributed by atoms with van der Waals surface area (Å²) in [7, 11) is 0. The monoisotopic (exact) mass is 248 g/mol. The molecule has 0 bridgehead atoms. The van der Waals surface area contributed by atoms with E-state index in [0.717, 1.165) is 0 Å². The molecule has 18 heavy (non-hydrogen) atoms. The summed E-state index contributed by atoms with van der Waals surface area (Å²) in [4.78, 5) is 33.8. The van der Waals surface area contributed by atoms with E-state index >= 15 is 0 Å². The summed E-state index contributed by atoms with van der Waals surface area (Å²) in [5.74, 6) is -2.55. The van der Waals surface area contributed by atoms with Gasteiger partial charge in [-0.25, -0.2) is 9.59 Å². The number of carbonyl (C=O) groups excluding carboxylic acids is 3. The fourth-order valence-corrected chi connectivity index (χ4v) is 1.03. The van der Waals surface area contributed by atoms with Gasteiger partial charge >= 0.3 is 11.9 Å². The maximum atomic E-state index is 11.5. The van der Waals surface area contributed by atoms with Gasteiger partial charge in [0.1, 0.15) is 0 Å². The molecule has 0 fully saturated rings. The van der Waals surface area contributed by atoms with Gasteiger partial charge in [-0.05, 0) is 6.92 Å². The first-order valence-corrected chi connectivity index (χ1v) is 5.11. The zero-order chi connectivity index (χ0) is 13.5. The molecule has 0 aromatic heterocycles. The Morgan fingerprint density at radius 3 is 2.17 bits per heavy atom. The van der Waals surface area contributed by atoms with Crippen LogP contribution in [0.25, 0.3) is 0 Å². The average molecular weight is 248 g/mol. The number of esters is 2. The number of ether oxygens (including phenoxy) is 2. The van der Waals surface area contributed by atoms with Crippen LogP contribution in [0.15, 0.2) is 42.5 Å². The van der Waals surface area contributed by atoms with Crippen LogP contribution in [0, 0.1) is 0 Å². The number of benzene rings is 1. The lowest BCUT2D eigenvalue weighted by Gasteiger charge is -2.05. The Labute approximate surface area is 104 Å². The highest BCUT2D eigenvalue weighted by atomic mass is 16.7. The van der Waals surface area contributed by atoms with Gasteiger partial charge in [-0.2, -0.15) is 0 Å². The first kappa shape index (κ1) is 13.6. The van der Waals surface area contributed by atoms with Gasteiger partial charge in [0.2, 0.25) is 6.79 Å². The molecule has 0 amide bonds. The zero-order valence-corrected chi connectivity index (χ0v) is 9.84. The van der Waals surface area contributed by atoms with Gasteiger partial charge in [0.25, 0.3) is 5.78 Å². The van der Waals surface area contributed by atoms with Crippen molar-refractivity contribution in [3.05, 3.63) is 48.0 Å². The molecule has 1 aromatic carbocycles. The number of hydrogen-bond donors (Lipinski definition) is 0. The van der Waals surface area contributed by atoms with E-state index in [9.17, 15) is 14.4 Å². The van der Waals surface area contributed by atoms with E-state index < -0.39 is 24.5 Å². The quantitative estimate of drug-likeness (QED) is 0.259. The SMILES string of the molecule is C=C(C)C(=O)OCOC(=O)C(=O)c1ccccc1. The Hall–Kier alpha value is -2.43. The van der Waals surface area contributed by atoms with Crippen LogP contribution in [0.4, 0.5) is 0 Å². The fourth-order valence-electron chi connectivity index (χ4n) is 1.03. The molecule has 0 aliphatic carbocycles. The van der Waals surface area contributed by atoms with Crippen molar-refractivity contribution in [1.82, 2.24) is 0 Å². The molecule has 0 aliphatic heterocycles. The van der Waals surface area contributed by atoms with E-state index in [1.54, 1.807) is 18.2 Å². The van der Waals surface area contributed by atoms with Crippen LogP contribution in [0.5, 0.6) is 0 Å². The molecule has 94 valence electrons. The van der Waals surface area contributed by atoms with E-state index in [1.165, 1.54) is 19.1 Å². The van der Waals surface area contributed by atoms with E-state index in [4.69, 9.17) is 0 Å². The van der Waals surface area contributed by atoms with Crippen LogP contribution in [-0.4, -0.2) is 24.5 Å². The zero-order valence-electron chi connectivity index (χ0n) is 9.84. The number of ketones is 1. The summed E-state index contributed by atoms with van der Waals surface area (Å²) >= 11 is 0. The Balaban J connectivity index is 2.45. The molecular formula is C13H12O5. The van der Waals surface area contributed by atoms with Crippen molar-refractivity contribution >= 4 is 17.7 Å². The largest absolute Gasteiger partial charge is 0.425 e. The van der Waals surface area contributed by atoms with Gasteiger partial charge in [0.05, 0.1) is 0 Å². The highest BCUT2D eigenvalue weighted by Crippen LogP contribution is 2.01. The van der Waals surface area contributed by atoms with Crippen molar-refractivity contribution in [2.24, 2.45) is 0 Å². The van der Waals surface area contributed by atoms with Gasteiger partial charge in [-0.1, -0.05) is 36.9 Å². The number of carbonyl (C=O) groups is 3. The second-order valence-electron chi connectivity index (χ2n) is 3.46. The molecule has 0 spiro atoms. The summed E-state index contributed by atoms with van der Waals surface area (Å²) in [6.45, 7) is 4.20. The normalized spacial score (nSPS) is 9.39. The Kier molecular flexibility index (Phi) is 4.80. The highest BCUT2D eigenvalue weighted by molar-refractivity contribution is 6.40. The molecule has 0 saturated carbocycles. The fraction of sp³-hybridized carbons (Fsp3) is 0.154. The molecule has 0 radical (unpaired) electrons. The first-order valence-electron chi connectivity index (χ1n) is 5.11. The van der Waals surface area contributed by atoms with Gasteiger partial charge in [-0.3, -0.25) is 4.79 Å². The van der Waals surface area contributed by atoms with Crippen molar-refractivity contribution in [2.45, 2.75) is 6.92 Å². The topological polar surface area (TPSA) is 69.7 Å². The van der Waals surface area contributed by atoms with Crippen LogP contribution in [0.1, 0.15) is 17.3 Å². The summed E-state index contributed by atoms with van der Waals surface area (Å²) in [5, 5.41) is 0. The van der Waals surface area contributed by atoms with Crippen molar-refractivity contribution in [2.75, 3.05) is 6.79 Å². The predicted octanol–water partition coefficient (Wildman–Crippen LogP) is 1.49. The summed E-state index contributed by atoms with van der Waals surface area (Å²) in [5.41, 5.74) is 0.397. The third-order valence-electron chi connectivity index (χ3n) is 1.95. The van der Waals surface area contributed by atoms with Crippen LogP contribution in [-0.2, 0) is 19.1 Å². The molecule has 1 aromatic rings. The molecule has 0 unspecified atom stereocenters. The maximum Gasteiger partial charge on any atom is 0.382 e. The molecule has 0 aliphatic rings.